The second kappa shape index (κ2) is 11.1. The van der Waals surface area contributed by atoms with E-state index >= 15 is 0 Å². The smallest absolute Gasteiger partial charge is 0.416 e. The van der Waals surface area contributed by atoms with Crippen molar-refractivity contribution in [1.29, 1.82) is 5.26 Å². The molecule has 1 aliphatic carbocycles. The normalized spacial score (nSPS) is 20.3. The first kappa shape index (κ1) is 25.3. The molecule has 0 heterocycles. The molecular formula is C22H19BrF4N2O3. The van der Waals surface area contributed by atoms with E-state index in [4.69, 9.17) is 9.90 Å². The van der Waals surface area contributed by atoms with Gasteiger partial charge in [-0.15, -0.1) is 0 Å². The molecule has 2 aromatic carbocycles. The number of hydrogen-bond acceptors (Lipinski definition) is 3. The lowest BCUT2D eigenvalue weighted by Crippen LogP contribution is -2.31. The van der Waals surface area contributed by atoms with Crippen LogP contribution < -0.4 is 5.32 Å². The second-order valence-electron chi connectivity index (χ2n) is 7.27. The number of nitrogens with zero attached hydrogens (tertiary/aromatic N) is 1. The van der Waals surface area contributed by atoms with E-state index in [0.717, 1.165) is 22.2 Å². The number of carbonyl (C=O) groups is 2. The summed E-state index contributed by atoms with van der Waals surface area (Å²) in [6, 6.07) is 11.8. The first-order chi connectivity index (χ1) is 15.1. The van der Waals surface area contributed by atoms with Crippen LogP contribution in [-0.4, -0.2) is 17.5 Å². The van der Waals surface area contributed by atoms with Crippen molar-refractivity contribution in [2.45, 2.75) is 31.4 Å². The van der Waals surface area contributed by atoms with Crippen LogP contribution >= 0.6 is 15.9 Å². The van der Waals surface area contributed by atoms with Gasteiger partial charge in [0.2, 0.25) is 5.91 Å². The summed E-state index contributed by atoms with van der Waals surface area (Å²) in [6.45, 7) is -0.250. The van der Waals surface area contributed by atoms with Crippen LogP contribution in [0.4, 0.5) is 23.2 Å². The molecule has 3 rings (SSSR count). The fourth-order valence-corrected chi connectivity index (χ4v) is 3.94. The minimum atomic E-state index is -4.66. The zero-order valence-electron chi connectivity index (χ0n) is 16.6. The van der Waals surface area contributed by atoms with E-state index < -0.39 is 29.4 Å². The molecule has 0 saturated heterocycles. The van der Waals surface area contributed by atoms with Crippen LogP contribution in [0.2, 0.25) is 0 Å². The van der Waals surface area contributed by atoms with Gasteiger partial charge in [-0.1, -0.05) is 28.1 Å². The van der Waals surface area contributed by atoms with Crippen LogP contribution in [0.1, 0.15) is 36.3 Å². The van der Waals surface area contributed by atoms with E-state index in [2.05, 4.69) is 27.3 Å². The summed E-state index contributed by atoms with van der Waals surface area (Å²) in [5.41, 5.74) is -0.417. The van der Waals surface area contributed by atoms with Gasteiger partial charge in [-0.2, -0.15) is 18.4 Å². The Balaban J connectivity index is 0.00000114. The average Bonchev–Trinajstić information content (AvgIpc) is 2.75. The molecule has 1 fully saturated rings. The zero-order chi connectivity index (χ0) is 23.9. The predicted octanol–water partition coefficient (Wildman–Crippen LogP) is 5.97. The molecule has 0 spiro atoms. The maximum Gasteiger partial charge on any atom is 0.416 e. The Morgan fingerprint density at radius 2 is 1.78 bits per heavy atom. The Kier molecular flexibility index (Phi) is 8.78. The first-order valence-electron chi connectivity index (χ1n) is 9.49. The third-order valence-corrected chi connectivity index (χ3v) is 5.68. The molecule has 2 aromatic rings. The van der Waals surface area contributed by atoms with Crippen LogP contribution in [0.25, 0.3) is 0 Å². The van der Waals surface area contributed by atoms with Gasteiger partial charge >= 0.3 is 6.18 Å². The highest BCUT2D eigenvalue weighted by Gasteiger charge is 2.35. The van der Waals surface area contributed by atoms with Gasteiger partial charge in [0.1, 0.15) is 5.82 Å². The summed E-state index contributed by atoms with van der Waals surface area (Å²) in [7, 11) is 0. The lowest BCUT2D eigenvalue weighted by atomic mass is 9.73. The number of nitriles is 1. The molecule has 1 saturated carbocycles. The standard InChI is InChI=1S/C21H17BrF4N2O.CH2O2/c22-17-4-1-13(2-5-17)14-7-12(11-27)8-15(9-14)20(29)28-19-6-3-16(10-18(19)23)21(24,25)26;2-1-3/h1-6,10,12,14-15H,7-9H2,(H,28,29);1H,(H,2,3). The van der Waals surface area contributed by atoms with Crippen LogP contribution in [0.5, 0.6) is 0 Å². The van der Waals surface area contributed by atoms with Crippen molar-refractivity contribution in [3.63, 3.8) is 0 Å². The first-order valence-corrected chi connectivity index (χ1v) is 10.3. The lowest BCUT2D eigenvalue weighted by Gasteiger charge is -2.31. The molecule has 1 aliphatic rings. The number of amides is 1. The van der Waals surface area contributed by atoms with Gasteiger partial charge in [-0.25, -0.2) is 4.39 Å². The highest BCUT2D eigenvalue weighted by atomic mass is 79.9. The molecule has 10 heteroatoms. The highest BCUT2D eigenvalue weighted by molar-refractivity contribution is 9.10. The van der Waals surface area contributed by atoms with Gasteiger partial charge in [-0.05, 0) is 61.1 Å². The second-order valence-corrected chi connectivity index (χ2v) is 8.18. The van der Waals surface area contributed by atoms with Gasteiger partial charge in [0, 0.05) is 16.3 Å². The minimum absolute atomic E-state index is 0.00491. The fraction of sp³-hybridized carbons (Fsp3) is 0.318. The fourth-order valence-electron chi connectivity index (χ4n) is 3.67. The lowest BCUT2D eigenvalue weighted by molar-refractivity contribution is -0.137. The van der Waals surface area contributed by atoms with Crippen molar-refractivity contribution in [3.05, 3.63) is 63.9 Å². The summed E-state index contributed by atoms with van der Waals surface area (Å²) in [4.78, 5) is 21.0. The maximum absolute atomic E-state index is 14.1. The Bertz CT molecular complexity index is 990. The number of carboxylic acid groups (broad SMARTS) is 1. The molecule has 3 unspecified atom stereocenters. The van der Waals surface area contributed by atoms with E-state index in [1.807, 2.05) is 24.3 Å². The average molecular weight is 515 g/mol. The van der Waals surface area contributed by atoms with E-state index in [0.29, 0.717) is 25.3 Å². The Labute approximate surface area is 190 Å². The minimum Gasteiger partial charge on any atom is -0.483 e. The number of alkyl halides is 3. The van der Waals surface area contributed by atoms with E-state index in [-0.39, 0.29) is 24.0 Å². The summed E-state index contributed by atoms with van der Waals surface area (Å²) >= 11 is 3.37. The third kappa shape index (κ3) is 6.79. The SMILES string of the molecule is N#CC1CC(C(=O)Nc2ccc(C(F)(F)F)cc2F)CC(c2ccc(Br)cc2)C1.O=CO. The monoisotopic (exact) mass is 514 g/mol. The molecule has 2 N–H and O–H groups in total. The van der Waals surface area contributed by atoms with Crippen LogP contribution in [0, 0.1) is 29.0 Å². The number of benzene rings is 2. The molecule has 0 aliphatic heterocycles. The van der Waals surface area contributed by atoms with E-state index in [1.54, 1.807) is 0 Å². The Hall–Kier alpha value is -2.93. The summed E-state index contributed by atoms with van der Waals surface area (Å²) in [6.07, 6.45) is -3.23. The highest BCUT2D eigenvalue weighted by Crippen LogP contribution is 2.40. The van der Waals surface area contributed by atoms with Crippen molar-refractivity contribution >= 4 is 34.0 Å². The van der Waals surface area contributed by atoms with Gasteiger partial charge < -0.3 is 10.4 Å². The molecule has 0 radical (unpaired) electrons. The van der Waals surface area contributed by atoms with Gasteiger partial charge in [0.25, 0.3) is 6.47 Å². The molecule has 32 heavy (non-hydrogen) atoms. The van der Waals surface area contributed by atoms with Crippen LogP contribution in [0.15, 0.2) is 46.9 Å². The summed E-state index contributed by atoms with van der Waals surface area (Å²) < 4.78 is 53.0. The van der Waals surface area contributed by atoms with Crippen molar-refractivity contribution in [3.8, 4) is 6.07 Å². The predicted molar refractivity (Wildman–Crippen MR) is 112 cm³/mol. The van der Waals surface area contributed by atoms with Gasteiger partial charge in [-0.3, -0.25) is 9.59 Å². The number of nitrogens with one attached hydrogen (secondary N) is 1. The van der Waals surface area contributed by atoms with E-state index in [1.165, 1.54) is 0 Å². The van der Waals surface area contributed by atoms with Gasteiger partial charge in [0.15, 0.2) is 0 Å². The molecule has 170 valence electrons. The Morgan fingerprint density at radius 1 is 1.16 bits per heavy atom. The number of halogens is 5. The molecule has 5 nitrogen and oxygen atoms in total. The summed E-state index contributed by atoms with van der Waals surface area (Å²) in [5, 5.41) is 18.7. The van der Waals surface area contributed by atoms with Crippen LogP contribution in [0.3, 0.4) is 0 Å². The third-order valence-electron chi connectivity index (χ3n) is 5.16. The number of hydrogen-bond donors (Lipinski definition) is 2. The van der Waals surface area contributed by atoms with Gasteiger partial charge in [0.05, 0.1) is 17.3 Å². The molecular weight excluding hydrogens is 496 g/mol. The number of rotatable bonds is 3. The Morgan fingerprint density at radius 3 is 2.31 bits per heavy atom. The molecule has 0 bridgehead atoms. The van der Waals surface area contributed by atoms with Crippen molar-refractivity contribution in [1.82, 2.24) is 0 Å². The number of carbonyl (C=O) groups excluding carboxylic acids is 1. The van der Waals surface area contributed by atoms with Crippen molar-refractivity contribution < 1.29 is 32.3 Å². The van der Waals surface area contributed by atoms with E-state index in [9.17, 15) is 27.6 Å². The topological polar surface area (TPSA) is 90.2 Å². The van der Waals surface area contributed by atoms with Crippen molar-refractivity contribution in [2.75, 3.05) is 5.32 Å². The maximum atomic E-state index is 14.1. The molecule has 0 aromatic heterocycles. The number of anilines is 1. The summed E-state index contributed by atoms with van der Waals surface area (Å²) in [5.74, 6) is -2.51. The molecule has 1 amide bonds. The quantitative estimate of drug-likeness (QED) is 0.390. The zero-order valence-corrected chi connectivity index (χ0v) is 18.2. The van der Waals surface area contributed by atoms with Crippen molar-refractivity contribution in [2.24, 2.45) is 11.8 Å². The largest absolute Gasteiger partial charge is 0.483 e. The van der Waals surface area contributed by atoms with Crippen LogP contribution in [-0.2, 0) is 15.8 Å². The molecule has 3 atom stereocenters.